The van der Waals surface area contributed by atoms with Crippen molar-refractivity contribution in [2.45, 2.75) is 63.9 Å². The molecular formula is C15H27F3N2O. The third-order valence-electron chi connectivity index (χ3n) is 5.11. The van der Waals surface area contributed by atoms with Crippen molar-refractivity contribution >= 4 is 0 Å². The summed E-state index contributed by atoms with van der Waals surface area (Å²) in [6.45, 7) is 4.66. The Bertz CT molecular complexity index is 337. The third kappa shape index (κ3) is 4.57. The lowest BCUT2D eigenvalue weighted by molar-refractivity contribution is -0.128. The van der Waals surface area contributed by atoms with Crippen molar-refractivity contribution in [3.63, 3.8) is 0 Å². The summed E-state index contributed by atoms with van der Waals surface area (Å²) in [5, 5.41) is 12.7. The van der Waals surface area contributed by atoms with E-state index in [0.29, 0.717) is 31.3 Å². The van der Waals surface area contributed by atoms with Gasteiger partial charge in [-0.1, -0.05) is 13.8 Å². The minimum Gasteiger partial charge on any atom is -0.393 e. The van der Waals surface area contributed by atoms with Gasteiger partial charge in [0.15, 0.2) is 0 Å². The Morgan fingerprint density at radius 1 is 1.29 bits per heavy atom. The van der Waals surface area contributed by atoms with Gasteiger partial charge in [-0.25, -0.2) is 0 Å². The molecule has 3 nitrogen and oxygen atoms in total. The predicted molar refractivity (Wildman–Crippen MR) is 76.0 cm³/mol. The maximum atomic E-state index is 12.4. The maximum Gasteiger partial charge on any atom is 0.401 e. The summed E-state index contributed by atoms with van der Waals surface area (Å²) in [5.74, 6) is 0.688. The highest BCUT2D eigenvalue weighted by Crippen LogP contribution is 2.35. The first-order valence-corrected chi connectivity index (χ1v) is 8.02. The molecule has 5 unspecified atom stereocenters. The van der Waals surface area contributed by atoms with Gasteiger partial charge in [0.25, 0.3) is 0 Å². The molecule has 21 heavy (non-hydrogen) atoms. The molecule has 2 fully saturated rings. The number of halogens is 3. The SMILES string of the molecule is CCC(O)C1CC(NCC(F)(F)F)CN(C2CCC2C)C1. The third-order valence-corrected chi connectivity index (χ3v) is 5.11. The molecule has 6 heteroatoms. The van der Waals surface area contributed by atoms with Gasteiger partial charge in [-0.2, -0.15) is 13.2 Å². The molecule has 0 aromatic rings. The van der Waals surface area contributed by atoms with E-state index >= 15 is 0 Å². The number of aliphatic hydroxyl groups is 1. The average Bonchev–Trinajstić information content (AvgIpc) is 2.41. The van der Waals surface area contributed by atoms with Gasteiger partial charge in [0.2, 0.25) is 0 Å². The summed E-state index contributed by atoms with van der Waals surface area (Å²) < 4.78 is 37.2. The molecular weight excluding hydrogens is 281 g/mol. The molecule has 5 atom stereocenters. The Kier molecular flexibility index (Phi) is 5.54. The summed E-state index contributed by atoms with van der Waals surface area (Å²) in [4.78, 5) is 2.30. The second kappa shape index (κ2) is 6.84. The van der Waals surface area contributed by atoms with Crippen LogP contribution < -0.4 is 5.32 Å². The van der Waals surface area contributed by atoms with Crippen LogP contribution in [0.1, 0.15) is 39.5 Å². The summed E-state index contributed by atoms with van der Waals surface area (Å²) >= 11 is 0. The van der Waals surface area contributed by atoms with Crippen LogP contribution in [0.25, 0.3) is 0 Å². The highest BCUT2D eigenvalue weighted by molar-refractivity contribution is 4.94. The fraction of sp³-hybridized carbons (Fsp3) is 1.00. The van der Waals surface area contributed by atoms with E-state index in [2.05, 4.69) is 17.1 Å². The fourth-order valence-corrected chi connectivity index (χ4v) is 3.66. The summed E-state index contributed by atoms with van der Waals surface area (Å²) in [5.41, 5.74) is 0. The lowest BCUT2D eigenvalue weighted by atomic mass is 9.77. The Hall–Kier alpha value is -0.330. The summed E-state index contributed by atoms with van der Waals surface area (Å²) in [6, 6.07) is 0.298. The second-order valence-corrected chi connectivity index (χ2v) is 6.74. The Balaban J connectivity index is 1.96. The zero-order valence-electron chi connectivity index (χ0n) is 12.9. The number of aliphatic hydroxyl groups excluding tert-OH is 1. The van der Waals surface area contributed by atoms with E-state index in [1.165, 1.54) is 6.42 Å². The lowest BCUT2D eigenvalue weighted by Crippen LogP contribution is -2.58. The molecule has 0 spiro atoms. The molecule has 0 aromatic heterocycles. The van der Waals surface area contributed by atoms with E-state index in [1.54, 1.807) is 0 Å². The largest absolute Gasteiger partial charge is 0.401 e. The molecule has 124 valence electrons. The van der Waals surface area contributed by atoms with Crippen LogP contribution in [0.15, 0.2) is 0 Å². The normalized spacial score (nSPS) is 36.3. The molecule has 2 N–H and O–H groups in total. The zero-order chi connectivity index (χ0) is 15.6. The van der Waals surface area contributed by atoms with Gasteiger partial charge in [0.1, 0.15) is 0 Å². The van der Waals surface area contributed by atoms with Crippen LogP contribution in [0, 0.1) is 11.8 Å². The highest BCUT2D eigenvalue weighted by Gasteiger charge is 2.39. The molecule has 1 aliphatic carbocycles. The summed E-state index contributed by atoms with van der Waals surface area (Å²) in [7, 11) is 0. The van der Waals surface area contributed by atoms with Crippen molar-refractivity contribution in [1.82, 2.24) is 10.2 Å². The minimum absolute atomic E-state index is 0.0716. The van der Waals surface area contributed by atoms with Gasteiger partial charge in [0.05, 0.1) is 12.6 Å². The van der Waals surface area contributed by atoms with Crippen LogP contribution in [-0.4, -0.2) is 54.0 Å². The number of likely N-dealkylation sites (tertiary alicyclic amines) is 1. The van der Waals surface area contributed by atoms with Crippen LogP contribution in [-0.2, 0) is 0 Å². The van der Waals surface area contributed by atoms with Crippen LogP contribution in [0.5, 0.6) is 0 Å². The van der Waals surface area contributed by atoms with Crippen molar-refractivity contribution in [3.8, 4) is 0 Å². The molecule has 2 rings (SSSR count). The number of alkyl halides is 3. The van der Waals surface area contributed by atoms with Crippen molar-refractivity contribution in [2.24, 2.45) is 11.8 Å². The first kappa shape index (κ1) is 17.0. The number of nitrogens with zero attached hydrogens (tertiary/aromatic N) is 1. The topological polar surface area (TPSA) is 35.5 Å². The first-order chi connectivity index (χ1) is 9.80. The van der Waals surface area contributed by atoms with Crippen molar-refractivity contribution in [3.05, 3.63) is 0 Å². The molecule has 0 amide bonds. The number of hydrogen-bond acceptors (Lipinski definition) is 3. The number of nitrogens with one attached hydrogen (secondary N) is 1. The van der Waals surface area contributed by atoms with E-state index in [4.69, 9.17) is 0 Å². The monoisotopic (exact) mass is 308 g/mol. The smallest absolute Gasteiger partial charge is 0.393 e. The van der Waals surface area contributed by atoms with E-state index < -0.39 is 18.8 Å². The van der Waals surface area contributed by atoms with Crippen molar-refractivity contribution in [1.29, 1.82) is 0 Å². The first-order valence-electron chi connectivity index (χ1n) is 8.02. The Morgan fingerprint density at radius 3 is 2.48 bits per heavy atom. The van der Waals surface area contributed by atoms with Gasteiger partial charge in [-0.3, -0.25) is 4.90 Å². The molecule has 2 aliphatic rings. The van der Waals surface area contributed by atoms with Crippen LogP contribution >= 0.6 is 0 Å². The molecule has 1 saturated carbocycles. The molecule has 1 saturated heterocycles. The van der Waals surface area contributed by atoms with Gasteiger partial charge < -0.3 is 10.4 Å². The predicted octanol–water partition coefficient (Wildman–Crippen LogP) is 2.40. The van der Waals surface area contributed by atoms with Crippen LogP contribution in [0.4, 0.5) is 13.2 Å². The van der Waals surface area contributed by atoms with Gasteiger partial charge in [-0.05, 0) is 37.5 Å². The van der Waals surface area contributed by atoms with Crippen molar-refractivity contribution < 1.29 is 18.3 Å². The molecule has 0 radical (unpaired) electrons. The standard InChI is InChI=1S/C15H27F3N2O/c1-3-14(21)11-6-12(19-9-15(16,17)18)8-20(7-11)13-5-4-10(13)2/h10-14,19,21H,3-9H2,1-2H3. The highest BCUT2D eigenvalue weighted by atomic mass is 19.4. The van der Waals surface area contributed by atoms with E-state index in [-0.39, 0.29) is 12.0 Å². The zero-order valence-corrected chi connectivity index (χ0v) is 12.9. The van der Waals surface area contributed by atoms with Gasteiger partial charge in [-0.15, -0.1) is 0 Å². The van der Waals surface area contributed by atoms with E-state index in [0.717, 1.165) is 13.0 Å². The molecule has 1 heterocycles. The summed E-state index contributed by atoms with van der Waals surface area (Å²) in [6.07, 6.45) is -0.984. The average molecular weight is 308 g/mol. The van der Waals surface area contributed by atoms with E-state index in [1.807, 2.05) is 6.92 Å². The quantitative estimate of drug-likeness (QED) is 0.819. The molecule has 1 aliphatic heterocycles. The molecule has 0 bridgehead atoms. The minimum atomic E-state index is -4.18. The van der Waals surface area contributed by atoms with Crippen LogP contribution in [0.3, 0.4) is 0 Å². The van der Waals surface area contributed by atoms with Crippen molar-refractivity contribution in [2.75, 3.05) is 19.6 Å². The van der Waals surface area contributed by atoms with Gasteiger partial charge in [0, 0.05) is 25.2 Å². The fourth-order valence-electron chi connectivity index (χ4n) is 3.66. The number of rotatable bonds is 5. The van der Waals surface area contributed by atoms with Crippen LogP contribution in [0.2, 0.25) is 0 Å². The molecule has 0 aromatic carbocycles. The van der Waals surface area contributed by atoms with Gasteiger partial charge >= 0.3 is 6.18 Å². The number of hydrogen-bond donors (Lipinski definition) is 2. The second-order valence-electron chi connectivity index (χ2n) is 6.74. The lowest BCUT2D eigenvalue weighted by Gasteiger charge is -2.49. The maximum absolute atomic E-state index is 12.4. The van der Waals surface area contributed by atoms with E-state index in [9.17, 15) is 18.3 Å². The number of piperidine rings is 1. The Labute approximate surface area is 124 Å². The Morgan fingerprint density at radius 2 is 2.00 bits per heavy atom.